The topological polar surface area (TPSA) is 79.3 Å². The standard InChI is InChI=1S/C11H16N2O3S/c1-2-4-9(14)13-11-12-8(7-17-11)5-3-6-10(15)16/h7H,2-6H2,1H3,(H,15,16)(H,12,13,14). The Morgan fingerprint density at radius 1 is 1.47 bits per heavy atom. The Labute approximate surface area is 104 Å². The van der Waals surface area contributed by atoms with Gasteiger partial charge in [0.2, 0.25) is 5.91 Å². The van der Waals surface area contributed by atoms with Crippen molar-refractivity contribution in [1.82, 2.24) is 4.98 Å². The van der Waals surface area contributed by atoms with Gasteiger partial charge in [0.1, 0.15) is 0 Å². The minimum absolute atomic E-state index is 0.0288. The molecular weight excluding hydrogens is 240 g/mol. The molecule has 0 unspecified atom stereocenters. The van der Waals surface area contributed by atoms with Crippen LogP contribution in [0.5, 0.6) is 0 Å². The Hall–Kier alpha value is -1.43. The van der Waals surface area contributed by atoms with Crippen LogP contribution in [0, 0.1) is 0 Å². The lowest BCUT2D eigenvalue weighted by Gasteiger charge is -1.98. The van der Waals surface area contributed by atoms with Gasteiger partial charge in [-0.1, -0.05) is 6.92 Å². The maximum atomic E-state index is 11.3. The largest absolute Gasteiger partial charge is 0.481 e. The summed E-state index contributed by atoms with van der Waals surface area (Å²) in [7, 11) is 0. The van der Waals surface area contributed by atoms with Crippen LogP contribution in [0.15, 0.2) is 5.38 Å². The maximum Gasteiger partial charge on any atom is 0.303 e. The zero-order chi connectivity index (χ0) is 12.7. The number of carbonyl (C=O) groups is 2. The Morgan fingerprint density at radius 3 is 2.88 bits per heavy atom. The summed E-state index contributed by atoms with van der Waals surface area (Å²) in [5.74, 6) is -0.823. The Bertz CT molecular complexity index is 390. The summed E-state index contributed by atoms with van der Waals surface area (Å²) in [4.78, 5) is 25.9. The average molecular weight is 256 g/mol. The van der Waals surface area contributed by atoms with Crippen molar-refractivity contribution in [2.75, 3.05) is 5.32 Å². The third-order valence-corrected chi connectivity index (χ3v) is 2.91. The Morgan fingerprint density at radius 2 is 2.24 bits per heavy atom. The first kappa shape index (κ1) is 13.6. The van der Waals surface area contributed by atoms with E-state index in [1.807, 2.05) is 12.3 Å². The van der Waals surface area contributed by atoms with E-state index in [0.29, 0.717) is 24.4 Å². The fourth-order valence-electron chi connectivity index (χ4n) is 1.31. The van der Waals surface area contributed by atoms with Crippen molar-refractivity contribution in [2.24, 2.45) is 0 Å². The van der Waals surface area contributed by atoms with Crippen molar-refractivity contribution in [3.8, 4) is 0 Å². The number of nitrogens with one attached hydrogen (secondary N) is 1. The molecule has 1 amide bonds. The number of rotatable bonds is 7. The van der Waals surface area contributed by atoms with Gasteiger partial charge < -0.3 is 10.4 Å². The highest BCUT2D eigenvalue weighted by molar-refractivity contribution is 7.13. The molecule has 1 heterocycles. The second-order valence-electron chi connectivity index (χ2n) is 3.69. The minimum Gasteiger partial charge on any atom is -0.481 e. The van der Waals surface area contributed by atoms with Gasteiger partial charge in [-0.3, -0.25) is 9.59 Å². The van der Waals surface area contributed by atoms with Gasteiger partial charge in [-0.05, 0) is 19.3 Å². The van der Waals surface area contributed by atoms with Crippen LogP contribution < -0.4 is 5.32 Å². The molecule has 0 fully saturated rings. The number of nitrogens with zero attached hydrogens (tertiary/aromatic N) is 1. The molecule has 0 saturated heterocycles. The van der Waals surface area contributed by atoms with E-state index in [2.05, 4.69) is 10.3 Å². The molecule has 0 radical (unpaired) electrons. The van der Waals surface area contributed by atoms with E-state index in [1.54, 1.807) is 0 Å². The normalized spacial score (nSPS) is 10.2. The number of hydrogen-bond acceptors (Lipinski definition) is 4. The molecule has 0 aliphatic carbocycles. The van der Waals surface area contributed by atoms with Gasteiger partial charge in [-0.2, -0.15) is 0 Å². The lowest BCUT2D eigenvalue weighted by molar-refractivity contribution is -0.137. The van der Waals surface area contributed by atoms with Crippen LogP contribution in [-0.4, -0.2) is 22.0 Å². The third-order valence-electron chi connectivity index (χ3n) is 2.10. The zero-order valence-electron chi connectivity index (χ0n) is 9.73. The summed E-state index contributed by atoms with van der Waals surface area (Å²) in [6.45, 7) is 1.94. The van der Waals surface area contributed by atoms with Crippen LogP contribution in [0.3, 0.4) is 0 Å². The smallest absolute Gasteiger partial charge is 0.303 e. The number of amides is 1. The number of carboxylic acids is 1. The number of aromatic nitrogens is 1. The number of aryl methyl sites for hydroxylation is 1. The second kappa shape index (κ2) is 7.01. The van der Waals surface area contributed by atoms with Crippen molar-refractivity contribution in [3.05, 3.63) is 11.1 Å². The van der Waals surface area contributed by atoms with Crippen LogP contribution >= 0.6 is 11.3 Å². The fraction of sp³-hybridized carbons (Fsp3) is 0.545. The second-order valence-corrected chi connectivity index (χ2v) is 4.55. The number of hydrogen-bond donors (Lipinski definition) is 2. The summed E-state index contributed by atoms with van der Waals surface area (Å²) in [5.41, 5.74) is 0.836. The van der Waals surface area contributed by atoms with Crippen LogP contribution in [0.1, 0.15) is 38.3 Å². The van der Waals surface area contributed by atoms with Gasteiger partial charge in [0.25, 0.3) is 0 Å². The molecule has 17 heavy (non-hydrogen) atoms. The SMILES string of the molecule is CCCC(=O)Nc1nc(CCCC(=O)O)cs1. The monoisotopic (exact) mass is 256 g/mol. The lowest BCUT2D eigenvalue weighted by atomic mass is 10.2. The Balaban J connectivity index is 2.37. The van der Waals surface area contributed by atoms with Crippen LogP contribution in [0.4, 0.5) is 5.13 Å². The molecule has 1 aromatic rings. The van der Waals surface area contributed by atoms with E-state index < -0.39 is 5.97 Å². The maximum absolute atomic E-state index is 11.3. The van der Waals surface area contributed by atoms with Gasteiger partial charge in [-0.25, -0.2) is 4.98 Å². The minimum atomic E-state index is -0.795. The quantitative estimate of drug-likeness (QED) is 0.784. The molecule has 0 aliphatic rings. The molecule has 0 atom stereocenters. The van der Waals surface area contributed by atoms with E-state index >= 15 is 0 Å². The molecule has 0 saturated carbocycles. The Kier molecular flexibility index (Phi) is 5.62. The summed E-state index contributed by atoms with van der Waals surface area (Å²) in [6.07, 6.45) is 2.65. The molecule has 0 bridgehead atoms. The number of thiazole rings is 1. The van der Waals surface area contributed by atoms with E-state index in [4.69, 9.17) is 5.11 Å². The van der Waals surface area contributed by atoms with Crippen molar-refractivity contribution < 1.29 is 14.7 Å². The number of aliphatic carboxylic acids is 1. The average Bonchev–Trinajstić information content (AvgIpc) is 2.65. The summed E-state index contributed by atoms with van der Waals surface area (Å²) >= 11 is 1.37. The predicted octanol–water partition coefficient (Wildman–Crippen LogP) is 2.29. The number of carboxylic acid groups (broad SMARTS) is 1. The van der Waals surface area contributed by atoms with Gasteiger partial charge in [0.05, 0.1) is 5.69 Å². The predicted molar refractivity (Wildman–Crippen MR) is 66.2 cm³/mol. The molecule has 2 N–H and O–H groups in total. The lowest BCUT2D eigenvalue weighted by Crippen LogP contribution is -2.10. The summed E-state index contributed by atoms with van der Waals surface area (Å²) < 4.78 is 0. The summed E-state index contributed by atoms with van der Waals surface area (Å²) in [5, 5.41) is 13.7. The molecule has 5 nitrogen and oxygen atoms in total. The van der Waals surface area contributed by atoms with E-state index in [9.17, 15) is 9.59 Å². The molecule has 94 valence electrons. The molecule has 0 aromatic carbocycles. The first-order chi connectivity index (χ1) is 8.11. The van der Waals surface area contributed by atoms with Gasteiger partial charge in [0.15, 0.2) is 5.13 Å². The molecule has 0 spiro atoms. The number of carbonyl (C=O) groups excluding carboxylic acids is 1. The van der Waals surface area contributed by atoms with Gasteiger partial charge >= 0.3 is 5.97 Å². The van der Waals surface area contributed by atoms with E-state index in [0.717, 1.165) is 12.1 Å². The highest BCUT2D eigenvalue weighted by atomic mass is 32.1. The van der Waals surface area contributed by atoms with Crippen molar-refractivity contribution >= 4 is 28.3 Å². The van der Waals surface area contributed by atoms with E-state index in [1.165, 1.54) is 11.3 Å². The van der Waals surface area contributed by atoms with Gasteiger partial charge in [0, 0.05) is 18.2 Å². The van der Waals surface area contributed by atoms with Crippen LogP contribution in [-0.2, 0) is 16.0 Å². The zero-order valence-corrected chi connectivity index (χ0v) is 10.5. The molecule has 6 heteroatoms. The molecule has 0 aliphatic heterocycles. The number of anilines is 1. The fourth-order valence-corrected chi connectivity index (χ4v) is 2.07. The highest BCUT2D eigenvalue weighted by Gasteiger charge is 2.06. The summed E-state index contributed by atoms with van der Waals surface area (Å²) in [6, 6.07) is 0. The van der Waals surface area contributed by atoms with Crippen LogP contribution in [0.25, 0.3) is 0 Å². The third kappa shape index (κ3) is 5.44. The van der Waals surface area contributed by atoms with Crippen molar-refractivity contribution in [3.63, 3.8) is 0 Å². The highest BCUT2D eigenvalue weighted by Crippen LogP contribution is 2.17. The first-order valence-corrected chi connectivity index (χ1v) is 6.45. The van der Waals surface area contributed by atoms with E-state index in [-0.39, 0.29) is 12.3 Å². The molecule has 1 rings (SSSR count). The molecule has 1 aromatic heterocycles. The van der Waals surface area contributed by atoms with Crippen LogP contribution in [0.2, 0.25) is 0 Å². The van der Waals surface area contributed by atoms with Crippen molar-refractivity contribution in [1.29, 1.82) is 0 Å². The van der Waals surface area contributed by atoms with Crippen molar-refractivity contribution in [2.45, 2.75) is 39.0 Å². The van der Waals surface area contributed by atoms with Gasteiger partial charge in [-0.15, -0.1) is 11.3 Å². The molecular formula is C11H16N2O3S. The first-order valence-electron chi connectivity index (χ1n) is 5.58.